The summed E-state index contributed by atoms with van der Waals surface area (Å²) < 4.78 is 7.21. The van der Waals surface area contributed by atoms with Crippen molar-refractivity contribution in [3.8, 4) is 11.1 Å². The van der Waals surface area contributed by atoms with E-state index < -0.39 is 0 Å². The lowest BCUT2D eigenvalue weighted by Crippen LogP contribution is -2.16. The maximum atomic E-state index is 5.38. The number of fused-ring (bicyclic) bond motifs is 2. The molecule has 2 N–H and O–H groups in total. The van der Waals surface area contributed by atoms with Crippen molar-refractivity contribution in [2.45, 2.75) is 19.4 Å². The number of methoxy groups -OCH3 is 1. The van der Waals surface area contributed by atoms with Gasteiger partial charge in [0.15, 0.2) is 5.65 Å². The Kier molecular flexibility index (Phi) is 5.17. The SMILES string of the molecule is COCc1ccccc1-c1cccn2nc(Nc3ccc4c(c3)CCNCC4)nc12. The van der Waals surface area contributed by atoms with Crippen LogP contribution in [0, 0.1) is 0 Å². The van der Waals surface area contributed by atoms with Gasteiger partial charge >= 0.3 is 0 Å². The first kappa shape index (κ1) is 18.8. The van der Waals surface area contributed by atoms with Crippen LogP contribution < -0.4 is 10.6 Å². The van der Waals surface area contributed by atoms with Gasteiger partial charge in [-0.15, -0.1) is 5.10 Å². The molecule has 0 atom stereocenters. The van der Waals surface area contributed by atoms with Gasteiger partial charge in [0.2, 0.25) is 5.95 Å². The number of pyridine rings is 1. The Balaban J connectivity index is 1.49. The fourth-order valence-corrected chi connectivity index (χ4v) is 4.11. The van der Waals surface area contributed by atoms with Gasteiger partial charge in [-0.2, -0.15) is 4.98 Å². The predicted molar refractivity (Wildman–Crippen MR) is 119 cm³/mol. The van der Waals surface area contributed by atoms with Gasteiger partial charge < -0.3 is 15.4 Å². The van der Waals surface area contributed by atoms with Crippen LogP contribution in [-0.4, -0.2) is 34.8 Å². The molecule has 4 aromatic rings. The zero-order valence-corrected chi connectivity index (χ0v) is 17.1. The van der Waals surface area contributed by atoms with Crippen molar-refractivity contribution in [1.82, 2.24) is 19.9 Å². The number of anilines is 2. The number of rotatable bonds is 5. The summed E-state index contributed by atoms with van der Waals surface area (Å²) in [5.41, 5.74) is 7.94. The summed E-state index contributed by atoms with van der Waals surface area (Å²) in [4.78, 5) is 4.80. The van der Waals surface area contributed by atoms with Crippen molar-refractivity contribution in [2.75, 3.05) is 25.5 Å². The van der Waals surface area contributed by atoms with Crippen LogP contribution in [0.15, 0.2) is 60.8 Å². The smallest absolute Gasteiger partial charge is 0.247 e. The van der Waals surface area contributed by atoms with Crippen LogP contribution in [-0.2, 0) is 24.2 Å². The summed E-state index contributed by atoms with van der Waals surface area (Å²) >= 11 is 0. The third kappa shape index (κ3) is 3.67. The van der Waals surface area contributed by atoms with Crippen molar-refractivity contribution >= 4 is 17.3 Å². The first-order valence-electron chi connectivity index (χ1n) is 10.3. The van der Waals surface area contributed by atoms with Gasteiger partial charge in [0.05, 0.1) is 6.61 Å². The van der Waals surface area contributed by atoms with Crippen molar-refractivity contribution in [3.63, 3.8) is 0 Å². The third-order valence-corrected chi connectivity index (χ3v) is 5.57. The van der Waals surface area contributed by atoms with Gasteiger partial charge in [0, 0.05) is 24.6 Å². The predicted octanol–water partition coefficient (Wildman–Crippen LogP) is 3.97. The molecule has 0 bridgehead atoms. The summed E-state index contributed by atoms with van der Waals surface area (Å²) in [6.07, 6.45) is 4.05. The molecule has 0 radical (unpaired) electrons. The highest BCUT2D eigenvalue weighted by atomic mass is 16.5. The Morgan fingerprint density at radius 1 is 1.00 bits per heavy atom. The second-order valence-electron chi connectivity index (χ2n) is 7.57. The minimum atomic E-state index is 0.556. The lowest BCUT2D eigenvalue weighted by Gasteiger charge is -2.09. The molecule has 0 aliphatic carbocycles. The van der Waals surface area contributed by atoms with Gasteiger partial charge in [-0.05, 0) is 72.5 Å². The molecule has 30 heavy (non-hydrogen) atoms. The molecule has 5 rings (SSSR count). The molecule has 1 aliphatic heterocycles. The van der Waals surface area contributed by atoms with Gasteiger partial charge in [-0.25, -0.2) is 4.52 Å². The summed E-state index contributed by atoms with van der Waals surface area (Å²) in [7, 11) is 1.72. The average Bonchev–Trinajstić information content (AvgIpc) is 3.03. The molecule has 2 aromatic carbocycles. The van der Waals surface area contributed by atoms with Gasteiger partial charge in [0.25, 0.3) is 0 Å². The highest BCUT2D eigenvalue weighted by Gasteiger charge is 2.14. The maximum Gasteiger partial charge on any atom is 0.247 e. The standard InChI is InChI=1S/C24H25N5O/c1-30-16-19-5-2-3-6-21(19)22-7-4-14-29-23(22)27-24(28-29)26-20-9-8-17-10-12-25-13-11-18(17)15-20/h2-9,14-15,25H,10-13,16H2,1H3,(H,26,28). The van der Waals surface area contributed by atoms with Gasteiger partial charge in [-0.1, -0.05) is 30.3 Å². The molecule has 152 valence electrons. The molecule has 1 aliphatic rings. The molecular weight excluding hydrogens is 374 g/mol. The molecule has 0 unspecified atom stereocenters. The molecule has 0 saturated heterocycles. The van der Waals surface area contributed by atoms with Crippen LogP contribution >= 0.6 is 0 Å². The lowest BCUT2D eigenvalue weighted by molar-refractivity contribution is 0.185. The van der Waals surface area contributed by atoms with E-state index in [1.807, 2.05) is 28.9 Å². The first-order valence-corrected chi connectivity index (χ1v) is 10.3. The summed E-state index contributed by atoms with van der Waals surface area (Å²) in [5, 5.41) is 11.5. The normalized spacial score (nSPS) is 13.8. The Morgan fingerprint density at radius 2 is 1.83 bits per heavy atom. The number of nitrogens with zero attached hydrogens (tertiary/aromatic N) is 3. The van der Waals surface area contributed by atoms with Gasteiger partial charge in [0.1, 0.15) is 0 Å². The molecule has 0 spiro atoms. The van der Waals surface area contributed by atoms with Crippen molar-refractivity contribution in [3.05, 3.63) is 77.5 Å². The highest BCUT2D eigenvalue weighted by molar-refractivity contribution is 5.80. The number of ether oxygens (including phenoxy) is 1. The molecular formula is C24H25N5O. The number of benzene rings is 2. The zero-order chi connectivity index (χ0) is 20.3. The van der Waals surface area contributed by atoms with Crippen LogP contribution in [0.2, 0.25) is 0 Å². The first-order chi connectivity index (χ1) is 14.8. The quantitative estimate of drug-likeness (QED) is 0.532. The summed E-state index contributed by atoms with van der Waals surface area (Å²) in [6, 6.07) is 18.9. The molecule has 6 nitrogen and oxygen atoms in total. The van der Waals surface area contributed by atoms with E-state index in [4.69, 9.17) is 9.72 Å². The van der Waals surface area contributed by atoms with Crippen LogP contribution in [0.1, 0.15) is 16.7 Å². The molecule has 6 heteroatoms. The summed E-state index contributed by atoms with van der Waals surface area (Å²) in [6.45, 7) is 2.62. The Morgan fingerprint density at radius 3 is 2.73 bits per heavy atom. The molecule has 0 saturated carbocycles. The molecule has 2 aromatic heterocycles. The fourth-order valence-electron chi connectivity index (χ4n) is 4.11. The van der Waals surface area contributed by atoms with E-state index in [0.717, 1.165) is 54.0 Å². The minimum absolute atomic E-state index is 0.556. The monoisotopic (exact) mass is 399 g/mol. The van der Waals surface area contributed by atoms with Crippen LogP contribution in [0.25, 0.3) is 16.8 Å². The second kappa shape index (κ2) is 8.26. The van der Waals surface area contributed by atoms with E-state index in [-0.39, 0.29) is 0 Å². The van der Waals surface area contributed by atoms with Crippen molar-refractivity contribution in [1.29, 1.82) is 0 Å². The highest BCUT2D eigenvalue weighted by Crippen LogP contribution is 2.29. The maximum absolute atomic E-state index is 5.38. The van der Waals surface area contributed by atoms with E-state index >= 15 is 0 Å². The summed E-state index contributed by atoms with van der Waals surface area (Å²) in [5.74, 6) is 0.596. The Hall–Kier alpha value is -3.22. The Bertz CT molecular complexity index is 1180. The van der Waals surface area contributed by atoms with E-state index in [2.05, 4.69) is 52.1 Å². The van der Waals surface area contributed by atoms with Crippen LogP contribution in [0.4, 0.5) is 11.6 Å². The fraction of sp³-hybridized carbons (Fsp3) is 0.250. The van der Waals surface area contributed by atoms with Crippen LogP contribution in [0.5, 0.6) is 0 Å². The largest absolute Gasteiger partial charge is 0.380 e. The topological polar surface area (TPSA) is 63.5 Å². The number of nitrogens with one attached hydrogen (secondary N) is 2. The minimum Gasteiger partial charge on any atom is -0.380 e. The lowest BCUT2D eigenvalue weighted by atomic mass is 10.0. The van der Waals surface area contributed by atoms with Crippen LogP contribution in [0.3, 0.4) is 0 Å². The zero-order valence-electron chi connectivity index (χ0n) is 17.1. The van der Waals surface area contributed by atoms with Crippen molar-refractivity contribution in [2.24, 2.45) is 0 Å². The number of aromatic nitrogens is 3. The number of hydrogen-bond donors (Lipinski definition) is 2. The molecule has 3 heterocycles. The molecule has 0 fully saturated rings. The average molecular weight is 399 g/mol. The second-order valence-corrected chi connectivity index (χ2v) is 7.57. The Labute approximate surface area is 175 Å². The van der Waals surface area contributed by atoms with Crippen molar-refractivity contribution < 1.29 is 4.74 Å². The molecule has 0 amide bonds. The van der Waals surface area contributed by atoms with E-state index in [1.165, 1.54) is 11.1 Å². The third-order valence-electron chi connectivity index (χ3n) is 5.57. The van der Waals surface area contributed by atoms with E-state index in [1.54, 1.807) is 7.11 Å². The van der Waals surface area contributed by atoms with E-state index in [9.17, 15) is 0 Å². The van der Waals surface area contributed by atoms with Gasteiger partial charge in [-0.3, -0.25) is 0 Å². The van der Waals surface area contributed by atoms with E-state index in [0.29, 0.717) is 12.6 Å². The number of hydrogen-bond acceptors (Lipinski definition) is 5.